The molecule has 2 N–H and O–H groups in total. The number of nitrogens with one attached hydrogen (secondary N) is 1. The van der Waals surface area contributed by atoms with Gasteiger partial charge in [0.05, 0.1) is 20.2 Å². The Morgan fingerprint density at radius 1 is 1.00 bits per heavy atom. The van der Waals surface area contributed by atoms with Crippen molar-refractivity contribution in [3.63, 3.8) is 0 Å². The van der Waals surface area contributed by atoms with E-state index in [2.05, 4.69) is 22.2 Å². The third-order valence-corrected chi connectivity index (χ3v) is 6.38. The summed E-state index contributed by atoms with van der Waals surface area (Å²) in [4.78, 5) is 38.4. The van der Waals surface area contributed by atoms with Crippen molar-refractivity contribution in [3.05, 3.63) is 65.2 Å². The Morgan fingerprint density at radius 3 is 2.19 bits per heavy atom. The molecule has 0 spiro atoms. The molecule has 2 amide bonds. The molecule has 0 aliphatic heterocycles. The van der Waals surface area contributed by atoms with Crippen LogP contribution in [-0.4, -0.2) is 48.4 Å². The summed E-state index contributed by atoms with van der Waals surface area (Å²) in [7, 11) is 1.16. The molecule has 2 aromatic carbocycles. The van der Waals surface area contributed by atoms with Crippen molar-refractivity contribution < 1.29 is 29.0 Å². The van der Waals surface area contributed by atoms with Crippen LogP contribution in [0.2, 0.25) is 0 Å². The second kappa shape index (κ2) is 12.7. The normalized spacial score (nSPS) is 14.9. The summed E-state index contributed by atoms with van der Waals surface area (Å²) in [5.41, 5.74) is 2.58. The van der Waals surface area contributed by atoms with Crippen molar-refractivity contribution in [1.82, 2.24) is 5.32 Å². The first-order valence-corrected chi connectivity index (χ1v) is 12.8. The quantitative estimate of drug-likeness (QED) is 0.488. The van der Waals surface area contributed by atoms with Crippen molar-refractivity contribution in [2.45, 2.75) is 77.0 Å². The van der Waals surface area contributed by atoms with E-state index < -0.39 is 29.7 Å². The number of methoxy groups -OCH3 is 1. The smallest absolute Gasteiger partial charge is 0.415 e. The lowest BCUT2D eigenvalue weighted by Crippen LogP contribution is -2.37. The molecule has 1 fully saturated rings. The second-order valence-electron chi connectivity index (χ2n) is 10.4. The average Bonchev–Trinajstić information content (AvgIpc) is 2.89. The van der Waals surface area contributed by atoms with E-state index in [0.29, 0.717) is 11.5 Å². The van der Waals surface area contributed by atoms with Crippen LogP contribution in [0.3, 0.4) is 0 Å². The van der Waals surface area contributed by atoms with Gasteiger partial charge in [-0.2, -0.15) is 0 Å². The number of carbonyl (C=O) groups excluding carboxylic acids is 3. The molecule has 0 radical (unpaired) electrons. The van der Waals surface area contributed by atoms with Gasteiger partial charge < -0.3 is 19.9 Å². The summed E-state index contributed by atoms with van der Waals surface area (Å²) >= 11 is 0. The predicted octanol–water partition coefficient (Wildman–Crippen LogP) is 4.94. The maximum absolute atomic E-state index is 13.1. The number of amides is 2. The number of nitrogens with zero attached hydrogens (tertiary/aromatic N) is 1. The number of anilines is 1. The number of aliphatic hydroxyl groups is 1. The van der Waals surface area contributed by atoms with Gasteiger partial charge in [0.15, 0.2) is 6.10 Å². The minimum absolute atomic E-state index is 0.253. The molecule has 1 unspecified atom stereocenters. The molecule has 2 aromatic rings. The fourth-order valence-corrected chi connectivity index (χ4v) is 4.40. The van der Waals surface area contributed by atoms with Gasteiger partial charge in [0.2, 0.25) is 0 Å². The van der Waals surface area contributed by atoms with E-state index in [0.717, 1.165) is 18.4 Å². The second-order valence-corrected chi connectivity index (χ2v) is 10.4. The molecule has 0 heterocycles. The molecule has 0 bridgehead atoms. The van der Waals surface area contributed by atoms with E-state index in [4.69, 9.17) is 4.74 Å². The molecule has 8 heteroatoms. The number of hydrogen-bond donors (Lipinski definition) is 2. The Kier molecular flexibility index (Phi) is 9.69. The lowest BCUT2D eigenvalue weighted by atomic mass is 9.84. The standard InChI is InChI=1S/C29H38N2O6/c1-29(2,3)37-28(35)31(24-16-14-22(15-17-24)21-8-6-5-7-9-21)19-20-10-12-23(13-11-20)26(33)30-18-25(32)27(34)36-4/h10-17,21,25,32H,5-9,18-19H2,1-4H3,(H,30,33). The largest absolute Gasteiger partial charge is 0.467 e. The van der Waals surface area contributed by atoms with Crippen molar-refractivity contribution in [3.8, 4) is 0 Å². The molecule has 8 nitrogen and oxygen atoms in total. The van der Waals surface area contributed by atoms with Crippen molar-refractivity contribution in [1.29, 1.82) is 0 Å². The number of ether oxygens (including phenoxy) is 2. The summed E-state index contributed by atoms with van der Waals surface area (Å²) in [5, 5.41) is 12.2. The molecule has 1 aliphatic carbocycles. The van der Waals surface area contributed by atoms with Crippen molar-refractivity contribution in [2.75, 3.05) is 18.6 Å². The monoisotopic (exact) mass is 510 g/mol. The van der Waals surface area contributed by atoms with Gasteiger partial charge in [0, 0.05) is 11.3 Å². The van der Waals surface area contributed by atoms with Crippen LogP contribution in [0, 0.1) is 0 Å². The van der Waals surface area contributed by atoms with Crippen LogP contribution >= 0.6 is 0 Å². The third kappa shape index (κ3) is 8.32. The number of rotatable bonds is 8. The summed E-state index contributed by atoms with van der Waals surface area (Å²) in [6.45, 7) is 5.51. The number of hydrogen-bond acceptors (Lipinski definition) is 6. The highest BCUT2D eigenvalue weighted by Crippen LogP contribution is 2.33. The summed E-state index contributed by atoms with van der Waals surface area (Å²) in [5.74, 6) is -0.674. The Hall–Kier alpha value is -3.39. The zero-order valence-corrected chi connectivity index (χ0v) is 22.2. The van der Waals surface area contributed by atoms with Crippen LogP contribution < -0.4 is 10.2 Å². The minimum Gasteiger partial charge on any atom is -0.467 e. The summed E-state index contributed by atoms with van der Waals surface area (Å²) < 4.78 is 10.1. The summed E-state index contributed by atoms with van der Waals surface area (Å²) in [6, 6.07) is 15.0. The Balaban J connectivity index is 1.72. The maximum Gasteiger partial charge on any atom is 0.415 e. The van der Waals surface area contributed by atoms with Crippen molar-refractivity contribution in [2.24, 2.45) is 0 Å². The van der Waals surface area contributed by atoms with E-state index in [1.165, 1.54) is 37.7 Å². The molecule has 1 aliphatic rings. The average molecular weight is 511 g/mol. The lowest BCUT2D eigenvalue weighted by molar-refractivity contribution is -0.149. The maximum atomic E-state index is 13.1. The van der Waals surface area contributed by atoms with E-state index >= 15 is 0 Å². The molecule has 37 heavy (non-hydrogen) atoms. The van der Waals surface area contributed by atoms with Gasteiger partial charge in [0.1, 0.15) is 5.60 Å². The highest BCUT2D eigenvalue weighted by Gasteiger charge is 2.25. The van der Waals surface area contributed by atoms with Gasteiger partial charge in [-0.05, 0) is 74.9 Å². The van der Waals surface area contributed by atoms with Gasteiger partial charge in [-0.3, -0.25) is 9.69 Å². The van der Waals surface area contributed by atoms with Gasteiger partial charge >= 0.3 is 12.1 Å². The highest BCUT2D eigenvalue weighted by molar-refractivity contribution is 5.94. The lowest BCUT2D eigenvalue weighted by Gasteiger charge is -2.28. The molecule has 200 valence electrons. The Morgan fingerprint density at radius 2 is 1.62 bits per heavy atom. The molecule has 0 saturated heterocycles. The molecule has 3 rings (SSSR count). The number of aliphatic hydroxyl groups excluding tert-OH is 1. The van der Waals surface area contributed by atoms with E-state index in [-0.39, 0.29) is 13.1 Å². The van der Waals surface area contributed by atoms with E-state index in [1.54, 1.807) is 29.2 Å². The number of esters is 1. The number of carbonyl (C=O) groups is 3. The van der Waals surface area contributed by atoms with Crippen LogP contribution in [0.5, 0.6) is 0 Å². The van der Waals surface area contributed by atoms with E-state index in [9.17, 15) is 19.5 Å². The van der Waals surface area contributed by atoms with Gasteiger partial charge in [-0.25, -0.2) is 9.59 Å². The van der Waals surface area contributed by atoms with Crippen LogP contribution in [0.4, 0.5) is 10.5 Å². The molecular weight excluding hydrogens is 472 g/mol. The Labute approximate surface area is 219 Å². The first-order chi connectivity index (χ1) is 17.6. The number of benzene rings is 2. The fraction of sp³-hybridized carbons (Fsp3) is 0.483. The zero-order valence-electron chi connectivity index (χ0n) is 22.2. The van der Waals surface area contributed by atoms with Crippen LogP contribution in [0.25, 0.3) is 0 Å². The fourth-order valence-electron chi connectivity index (χ4n) is 4.40. The molecule has 0 aromatic heterocycles. The van der Waals surface area contributed by atoms with Gasteiger partial charge in [-0.15, -0.1) is 0 Å². The predicted molar refractivity (Wildman–Crippen MR) is 141 cm³/mol. The first kappa shape index (κ1) is 28.2. The van der Waals surface area contributed by atoms with Crippen LogP contribution in [0.15, 0.2) is 48.5 Å². The highest BCUT2D eigenvalue weighted by atomic mass is 16.6. The minimum atomic E-state index is -1.43. The topological polar surface area (TPSA) is 105 Å². The first-order valence-electron chi connectivity index (χ1n) is 12.8. The summed E-state index contributed by atoms with van der Waals surface area (Å²) in [6.07, 6.45) is 4.35. The molecule has 1 atom stereocenters. The van der Waals surface area contributed by atoms with Gasteiger partial charge in [-0.1, -0.05) is 43.5 Å². The van der Waals surface area contributed by atoms with E-state index in [1.807, 2.05) is 32.9 Å². The molecule has 1 saturated carbocycles. The zero-order chi connectivity index (χ0) is 27.0. The van der Waals surface area contributed by atoms with Crippen molar-refractivity contribution >= 4 is 23.7 Å². The Bertz CT molecular complexity index is 1050. The van der Waals surface area contributed by atoms with Crippen LogP contribution in [0.1, 0.15) is 80.3 Å². The van der Waals surface area contributed by atoms with Gasteiger partial charge in [0.25, 0.3) is 5.91 Å². The van der Waals surface area contributed by atoms with Crippen LogP contribution in [-0.2, 0) is 20.8 Å². The SMILES string of the molecule is COC(=O)C(O)CNC(=O)c1ccc(CN(C(=O)OC(C)(C)C)c2ccc(C3CCCCC3)cc2)cc1. The third-order valence-electron chi connectivity index (χ3n) is 6.38. The molecular formula is C29H38N2O6.